The molecule has 1 unspecified atom stereocenters. The molecule has 0 saturated carbocycles. The number of nitrogens with zero attached hydrogens (tertiary/aromatic N) is 2. The van der Waals surface area contributed by atoms with Crippen LogP contribution in [0, 0.1) is 11.6 Å². The minimum Gasteiger partial charge on any atom is -0.376 e. The maximum atomic E-state index is 13.8. The molecule has 1 atom stereocenters. The number of halogens is 2. The van der Waals surface area contributed by atoms with Crippen molar-refractivity contribution in [1.82, 2.24) is 15.2 Å². The van der Waals surface area contributed by atoms with Crippen LogP contribution in [-0.4, -0.2) is 35.2 Å². The second kappa shape index (κ2) is 8.71. The predicted molar refractivity (Wildman–Crippen MR) is 92.2 cm³/mol. The first kappa shape index (κ1) is 18.3. The highest BCUT2D eigenvalue weighted by molar-refractivity contribution is 5.74. The molecule has 1 N–H and O–H groups in total. The zero-order valence-corrected chi connectivity index (χ0v) is 14.3. The van der Waals surface area contributed by atoms with E-state index in [4.69, 9.17) is 4.74 Å². The largest absolute Gasteiger partial charge is 0.376 e. The van der Waals surface area contributed by atoms with Crippen LogP contribution in [0.2, 0.25) is 0 Å². The van der Waals surface area contributed by atoms with E-state index < -0.39 is 11.6 Å². The summed E-state index contributed by atoms with van der Waals surface area (Å²) in [5.74, 6) is -1.87. The van der Waals surface area contributed by atoms with Crippen LogP contribution in [0.1, 0.15) is 24.1 Å². The number of hydrogen-bond donors (Lipinski definition) is 1. The molecule has 1 saturated heterocycles. The first-order valence-corrected chi connectivity index (χ1v) is 8.60. The Bertz CT molecular complexity index is 737. The highest BCUT2D eigenvalue weighted by Crippen LogP contribution is 2.15. The number of benzene rings is 1. The van der Waals surface area contributed by atoms with E-state index in [1.807, 2.05) is 12.1 Å². The Morgan fingerprint density at radius 3 is 2.88 bits per heavy atom. The number of rotatable bonds is 6. The van der Waals surface area contributed by atoms with Crippen molar-refractivity contribution in [3.05, 3.63) is 65.5 Å². The third-order valence-corrected chi connectivity index (χ3v) is 4.28. The van der Waals surface area contributed by atoms with Crippen LogP contribution in [0.5, 0.6) is 0 Å². The van der Waals surface area contributed by atoms with Gasteiger partial charge in [-0.15, -0.1) is 0 Å². The molecule has 1 aliphatic rings. The van der Waals surface area contributed by atoms with E-state index >= 15 is 0 Å². The normalized spacial score (nSPS) is 16.5. The lowest BCUT2D eigenvalue weighted by Crippen LogP contribution is -2.43. The number of ether oxygens (including phenoxy) is 1. The summed E-state index contributed by atoms with van der Waals surface area (Å²) >= 11 is 0. The van der Waals surface area contributed by atoms with Crippen molar-refractivity contribution in [1.29, 1.82) is 0 Å². The Labute approximate surface area is 151 Å². The molecule has 138 valence electrons. The van der Waals surface area contributed by atoms with Crippen LogP contribution in [0.4, 0.5) is 13.6 Å². The fraction of sp³-hybridized carbons (Fsp3) is 0.368. The summed E-state index contributed by atoms with van der Waals surface area (Å²) in [6.07, 6.45) is 3.51. The van der Waals surface area contributed by atoms with Crippen LogP contribution < -0.4 is 5.32 Å². The Hall–Kier alpha value is -2.54. The molecule has 7 heteroatoms. The van der Waals surface area contributed by atoms with Crippen molar-refractivity contribution in [2.75, 3.05) is 13.2 Å². The second-order valence-electron chi connectivity index (χ2n) is 6.21. The average Bonchev–Trinajstić information content (AvgIpc) is 3.16. The number of hydrogen-bond acceptors (Lipinski definition) is 3. The summed E-state index contributed by atoms with van der Waals surface area (Å²) in [6.45, 7) is 1.34. The van der Waals surface area contributed by atoms with E-state index in [2.05, 4.69) is 10.3 Å². The standard InChI is InChI=1S/C19H21F2N3O2/c20-17-8-3-5-14(18(17)21)11-23-19(25)24(13-16-7-4-10-26-16)12-15-6-1-2-9-22-15/h1-3,5-6,8-9,16H,4,7,10-13H2,(H,23,25). The molecule has 1 aromatic carbocycles. The topological polar surface area (TPSA) is 54.5 Å². The third kappa shape index (κ3) is 4.76. The SMILES string of the molecule is O=C(NCc1cccc(F)c1F)N(Cc1ccccn1)CC1CCCO1. The molecule has 1 aliphatic heterocycles. The summed E-state index contributed by atoms with van der Waals surface area (Å²) in [4.78, 5) is 18.5. The number of carbonyl (C=O) groups excluding carboxylic acids is 1. The van der Waals surface area contributed by atoms with Gasteiger partial charge in [0.2, 0.25) is 0 Å². The van der Waals surface area contributed by atoms with E-state index in [9.17, 15) is 13.6 Å². The van der Waals surface area contributed by atoms with E-state index in [-0.39, 0.29) is 24.2 Å². The van der Waals surface area contributed by atoms with Gasteiger partial charge in [-0.3, -0.25) is 4.98 Å². The van der Waals surface area contributed by atoms with Crippen LogP contribution in [0.3, 0.4) is 0 Å². The Morgan fingerprint density at radius 1 is 1.27 bits per heavy atom. The fourth-order valence-electron chi connectivity index (χ4n) is 2.91. The predicted octanol–water partition coefficient (Wildman–Crippen LogP) is 3.25. The highest BCUT2D eigenvalue weighted by atomic mass is 19.2. The molecule has 0 radical (unpaired) electrons. The van der Waals surface area contributed by atoms with Crippen molar-refractivity contribution in [2.45, 2.75) is 32.0 Å². The van der Waals surface area contributed by atoms with Gasteiger partial charge >= 0.3 is 6.03 Å². The van der Waals surface area contributed by atoms with Crippen LogP contribution in [0.25, 0.3) is 0 Å². The minimum absolute atomic E-state index is 0.0182. The van der Waals surface area contributed by atoms with Gasteiger partial charge in [0, 0.05) is 31.5 Å². The van der Waals surface area contributed by atoms with Crippen LogP contribution >= 0.6 is 0 Å². The summed E-state index contributed by atoms with van der Waals surface area (Å²) in [6, 6.07) is 9.04. The van der Waals surface area contributed by atoms with E-state index in [1.165, 1.54) is 12.1 Å². The molecule has 1 aromatic heterocycles. The number of urea groups is 1. The van der Waals surface area contributed by atoms with Crippen molar-refractivity contribution in [3.8, 4) is 0 Å². The number of nitrogens with one attached hydrogen (secondary N) is 1. The molecule has 5 nitrogen and oxygen atoms in total. The lowest BCUT2D eigenvalue weighted by atomic mass is 10.2. The van der Waals surface area contributed by atoms with E-state index in [0.29, 0.717) is 19.7 Å². The van der Waals surface area contributed by atoms with Crippen LogP contribution in [0.15, 0.2) is 42.6 Å². The molecule has 0 bridgehead atoms. The van der Waals surface area contributed by atoms with Crippen LogP contribution in [-0.2, 0) is 17.8 Å². The van der Waals surface area contributed by atoms with Crippen molar-refractivity contribution >= 4 is 6.03 Å². The molecule has 26 heavy (non-hydrogen) atoms. The average molecular weight is 361 g/mol. The molecule has 0 spiro atoms. The number of carbonyl (C=O) groups is 1. The van der Waals surface area contributed by atoms with Gasteiger partial charge in [0.25, 0.3) is 0 Å². The number of amides is 2. The zero-order valence-electron chi connectivity index (χ0n) is 14.3. The molecule has 0 aliphatic carbocycles. The molecule has 3 rings (SSSR count). The third-order valence-electron chi connectivity index (χ3n) is 4.28. The molecule has 2 aromatic rings. The van der Waals surface area contributed by atoms with Gasteiger partial charge in [0.1, 0.15) is 0 Å². The Balaban J connectivity index is 1.66. The Morgan fingerprint density at radius 2 is 2.15 bits per heavy atom. The summed E-state index contributed by atoms with van der Waals surface area (Å²) in [5, 5.41) is 2.66. The van der Waals surface area contributed by atoms with Crippen molar-refractivity contribution in [2.24, 2.45) is 0 Å². The summed E-state index contributed by atoms with van der Waals surface area (Å²) in [5.41, 5.74) is 0.853. The van der Waals surface area contributed by atoms with Gasteiger partial charge in [-0.1, -0.05) is 18.2 Å². The van der Waals surface area contributed by atoms with Gasteiger partial charge in [0.15, 0.2) is 11.6 Å². The van der Waals surface area contributed by atoms with E-state index in [1.54, 1.807) is 17.2 Å². The molecular weight excluding hydrogens is 340 g/mol. The summed E-state index contributed by atoms with van der Waals surface area (Å²) in [7, 11) is 0. The van der Waals surface area contributed by atoms with Crippen molar-refractivity contribution in [3.63, 3.8) is 0 Å². The van der Waals surface area contributed by atoms with Gasteiger partial charge < -0.3 is 15.0 Å². The highest BCUT2D eigenvalue weighted by Gasteiger charge is 2.23. The van der Waals surface area contributed by atoms with Gasteiger partial charge in [0.05, 0.1) is 18.3 Å². The lowest BCUT2D eigenvalue weighted by Gasteiger charge is -2.25. The second-order valence-corrected chi connectivity index (χ2v) is 6.21. The van der Waals surface area contributed by atoms with E-state index in [0.717, 1.165) is 24.6 Å². The fourth-order valence-corrected chi connectivity index (χ4v) is 2.91. The molecule has 1 fully saturated rings. The van der Waals surface area contributed by atoms with Gasteiger partial charge in [-0.2, -0.15) is 0 Å². The molecule has 2 amide bonds. The molecule has 2 heterocycles. The first-order chi connectivity index (χ1) is 12.6. The Kier molecular flexibility index (Phi) is 6.12. The number of pyridine rings is 1. The monoisotopic (exact) mass is 361 g/mol. The zero-order chi connectivity index (χ0) is 18.4. The van der Waals surface area contributed by atoms with Gasteiger partial charge in [-0.25, -0.2) is 13.6 Å². The van der Waals surface area contributed by atoms with Gasteiger partial charge in [-0.05, 0) is 31.0 Å². The van der Waals surface area contributed by atoms with Crippen molar-refractivity contribution < 1.29 is 18.3 Å². The molecular formula is C19H21F2N3O2. The quantitative estimate of drug-likeness (QED) is 0.859. The maximum absolute atomic E-state index is 13.8. The lowest BCUT2D eigenvalue weighted by molar-refractivity contribution is 0.0791. The maximum Gasteiger partial charge on any atom is 0.318 e. The smallest absolute Gasteiger partial charge is 0.318 e. The minimum atomic E-state index is -0.941. The summed E-state index contributed by atoms with van der Waals surface area (Å²) < 4.78 is 32.7. The number of aromatic nitrogens is 1. The first-order valence-electron chi connectivity index (χ1n) is 8.60.